The van der Waals surface area contributed by atoms with Crippen molar-refractivity contribution in [3.63, 3.8) is 0 Å². The molecule has 0 aliphatic rings. The van der Waals surface area contributed by atoms with Crippen LogP contribution in [-0.2, 0) is 6.42 Å². The summed E-state index contributed by atoms with van der Waals surface area (Å²) in [6.07, 6.45) is 3.92. The monoisotopic (exact) mass is 350 g/mol. The number of rotatable bonds is 5. The van der Waals surface area contributed by atoms with E-state index in [-0.39, 0.29) is 5.75 Å². The van der Waals surface area contributed by atoms with E-state index in [0.29, 0.717) is 22.6 Å². The lowest BCUT2D eigenvalue weighted by Gasteiger charge is -2.06. The molecule has 3 rings (SSSR count). The molecule has 6 heteroatoms. The molecule has 0 saturated carbocycles. The lowest BCUT2D eigenvalue weighted by atomic mass is 10.1. The zero-order valence-corrected chi connectivity index (χ0v) is 14.6. The highest BCUT2D eigenvalue weighted by molar-refractivity contribution is 7.71. The summed E-state index contributed by atoms with van der Waals surface area (Å²) in [7, 11) is 0. The van der Waals surface area contributed by atoms with E-state index in [4.69, 9.17) is 12.2 Å². The van der Waals surface area contributed by atoms with Crippen molar-refractivity contribution in [2.45, 2.75) is 13.3 Å². The average molecular weight is 350 g/mol. The van der Waals surface area contributed by atoms with Gasteiger partial charge >= 0.3 is 0 Å². The minimum atomic E-state index is 0.193. The van der Waals surface area contributed by atoms with Crippen molar-refractivity contribution in [1.29, 1.82) is 0 Å². The van der Waals surface area contributed by atoms with Crippen LogP contribution in [0.25, 0.3) is 11.4 Å². The van der Waals surface area contributed by atoms with Crippen LogP contribution in [0.4, 0.5) is 0 Å². The second-order valence-electron chi connectivity index (χ2n) is 5.57. The van der Waals surface area contributed by atoms with Crippen LogP contribution in [0, 0.1) is 11.7 Å². The summed E-state index contributed by atoms with van der Waals surface area (Å²) in [5.74, 6) is 0.819. The molecule has 1 aromatic heterocycles. The van der Waals surface area contributed by atoms with Gasteiger partial charge in [0.05, 0.1) is 6.21 Å². The largest absolute Gasteiger partial charge is 0.507 e. The second-order valence-corrected chi connectivity index (χ2v) is 5.96. The Bertz CT molecular complexity index is 1000. The molecule has 0 atom stereocenters. The first kappa shape index (κ1) is 16.9. The minimum absolute atomic E-state index is 0.193. The number of phenols is 1. The lowest BCUT2D eigenvalue weighted by Crippen LogP contribution is -1.97. The first-order valence-corrected chi connectivity index (χ1v) is 8.22. The Morgan fingerprint density at radius 2 is 2.08 bits per heavy atom. The minimum Gasteiger partial charge on any atom is -0.507 e. The Kier molecular flexibility index (Phi) is 4.90. The molecule has 2 aromatic carbocycles. The van der Waals surface area contributed by atoms with Crippen molar-refractivity contribution in [3.8, 4) is 17.1 Å². The first-order valence-electron chi connectivity index (χ1n) is 7.81. The van der Waals surface area contributed by atoms with Crippen LogP contribution >= 0.6 is 12.2 Å². The highest BCUT2D eigenvalue weighted by Crippen LogP contribution is 2.23. The van der Waals surface area contributed by atoms with E-state index < -0.39 is 0 Å². The predicted molar refractivity (Wildman–Crippen MR) is 103 cm³/mol. The van der Waals surface area contributed by atoms with Crippen LogP contribution in [-0.4, -0.2) is 26.2 Å². The predicted octanol–water partition coefficient (Wildman–Crippen LogP) is 4.23. The number of aromatic nitrogens is 3. The summed E-state index contributed by atoms with van der Waals surface area (Å²) in [5.41, 5.74) is 3.42. The van der Waals surface area contributed by atoms with Gasteiger partial charge in [0.15, 0.2) is 5.82 Å². The van der Waals surface area contributed by atoms with Crippen molar-refractivity contribution in [1.82, 2.24) is 14.9 Å². The number of hydrogen-bond donors (Lipinski definition) is 2. The zero-order chi connectivity index (χ0) is 17.8. The van der Waals surface area contributed by atoms with Crippen LogP contribution < -0.4 is 0 Å². The Morgan fingerprint density at radius 3 is 2.84 bits per heavy atom. The third kappa shape index (κ3) is 3.44. The summed E-state index contributed by atoms with van der Waals surface area (Å²) in [6, 6.07) is 13.4. The van der Waals surface area contributed by atoms with E-state index in [1.165, 1.54) is 0 Å². The molecule has 1 heterocycles. The van der Waals surface area contributed by atoms with Gasteiger partial charge in [-0.25, -0.2) is 5.10 Å². The fraction of sp³-hybridized carbons (Fsp3) is 0.105. The highest BCUT2D eigenvalue weighted by Gasteiger charge is 2.10. The van der Waals surface area contributed by atoms with Crippen LogP contribution in [0.5, 0.6) is 5.75 Å². The van der Waals surface area contributed by atoms with Crippen molar-refractivity contribution in [2.24, 2.45) is 5.10 Å². The highest BCUT2D eigenvalue weighted by atomic mass is 32.1. The average Bonchev–Trinajstić information content (AvgIpc) is 2.97. The van der Waals surface area contributed by atoms with Gasteiger partial charge in [-0.1, -0.05) is 42.5 Å². The van der Waals surface area contributed by atoms with Gasteiger partial charge in [0, 0.05) is 11.1 Å². The molecule has 0 bridgehead atoms. The van der Waals surface area contributed by atoms with E-state index in [9.17, 15) is 5.11 Å². The molecule has 0 unspecified atom stereocenters. The van der Waals surface area contributed by atoms with Gasteiger partial charge in [0.2, 0.25) is 4.77 Å². The number of nitrogens with zero attached hydrogens (tertiary/aromatic N) is 3. The van der Waals surface area contributed by atoms with E-state index in [1.807, 2.05) is 43.3 Å². The van der Waals surface area contributed by atoms with Crippen molar-refractivity contribution >= 4 is 18.4 Å². The molecule has 126 valence electrons. The van der Waals surface area contributed by atoms with Gasteiger partial charge in [-0.15, -0.1) is 6.58 Å². The fourth-order valence-corrected chi connectivity index (χ4v) is 2.73. The van der Waals surface area contributed by atoms with E-state index in [0.717, 1.165) is 16.7 Å². The quantitative estimate of drug-likeness (QED) is 0.411. The summed E-state index contributed by atoms with van der Waals surface area (Å²) >= 11 is 5.29. The zero-order valence-electron chi connectivity index (χ0n) is 13.8. The molecule has 25 heavy (non-hydrogen) atoms. The molecule has 5 nitrogen and oxygen atoms in total. The fourth-order valence-electron chi connectivity index (χ4n) is 2.55. The number of allylic oxidation sites excluding steroid dienone is 1. The summed E-state index contributed by atoms with van der Waals surface area (Å²) in [5, 5.41) is 21.8. The topological polar surface area (TPSA) is 66.2 Å². The standard InChI is InChI=1S/C19H18N4OS/c1-3-7-14-9-6-10-15(17(14)24)12-20-23-18(21-22-19(23)25)16-11-5-4-8-13(16)2/h3-6,8-12,24H,1,7H2,2H3,(H,22,25)/b20-12-. The number of aromatic hydroxyl groups is 1. The van der Waals surface area contributed by atoms with E-state index in [2.05, 4.69) is 21.9 Å². The molecule has 0 radical (unpaired) electrons. The van der Waals surface area contributed by atoms with Gasteiger partial charge in [-0.3, -0.25) is 0 Å². The number of benzene rings is 2. The number of aromatic amines is 1. The van der Waals surface area contributed by atoms with E-state index in [1.54, 1.807) is 23.0 Å². The number of hydrogen-bond acceptors (Lipinski definition) is 4. The maximum atomic E-state index is 10.4. The molecule has 0 spiro atoms. The Hall–Kier alpha value is -2.99. The molecule has 0 saturated heterocycles. The van der Waals surface area contributed by atoms with E-state index >= 15 is 0 Å². The van der Waals surface area contributed by atoms with Gasteiger partial charge in [0.25, 0.3) is 0 Å². The summed E-state index contributed by atoms with van der Waals surface area (Å²) in [6.45, 7) is 5.71. The lowest BCUT2D eigenvalue weighted by molar-refractivity contribution is 0.469. The Labute approximate surface area is 151 Å². The van der Waals surface area contributed by atoms with Crippen LogP contribution in [0.1, 0.15) is 16.7 Å². The van der Waals surface area contributed by atoms with Crippen molar-refractivity contribution in [3.05, 3.63) is 76.6 Å². The van der Waals surface area contributed by atoms with Gasteiger partial charge in [0.1, 0.15) is 5.75 Å². The molecule has 0 aliphatic heterocycles. The third-order valence-corrected chi connectivity index (χ3v) is 4.13. The SMILES string of the molecule is C=CCc1cccc(/C=N\n2c(-c3ccccc3C)n[nH]c2=S)c1O. The van der Waals surface area contributed by atoms with Crippen molar-refractivity contribution < 1.29 is 5.11 Å². The Balaban J connectivity index is 2.03. The second kappa shape index (κ2) is 7.27. The molecule has 2 N–H and O–H groups in total. The normalized spacial score (nSPS) is 11.1. The van der Waals surface area contributed by atoms with Gasteiger partial charge in [-0.2, -0.15) is 14.9 Å². The maximum Gasteiger partial charge on any atom is 0.216 e. The summed E-state index contributed by atoms with van der Waals surface area (Å²) < 4.78 is 1.94. The Morgan fingerprint density at radius 1 is 1.28 bits per heavy atom. The molecule has 3 aromatic rings. The maximum absolute atomic E-state index is 10.4. The number of aryl methyl sites for hydroxylation is 1. The first-order chi connectivity index (χ1) is 12.1. The molecule has 0 fully saturated rings. The number of H-pyrrole nitrogens is 1. The molecular weight excluding hydrogens is 332 g/mol. The third-order valence-electron chi connectivity index (χ3n) is 3.86. The molecule has 0 aliphatic carbocycles. The number of para-hydroxylation sites is 1. The van der Waals surface area contributed by atoms with Crippen molar-refractivity contribution in [2.75, 3.05) is 0 Å². The molecule has 0 amide bonds. The number of phenolic OH excluding ortho intramolecular Hbond substituents is 1. The van der Waals surface area contributed by atoms with Gasteiger partial charge in [-0.05, 0) is 42.8 Å². The van der Waals surface area contributed by atoms with Gasteiger partial charge < -0.3 is 5.11 Å². The molecular formula is C19H18N4OS. The van der Waals surface area contributed by atoms with Crippen LogP contribution in [0.3, 0.4) is 0 Å². The smallest absolute Gasteiger partial charge is 0.216 e. The summed E-state index contributed by atoms with van der Waals surface area (Å²) in [4.78, 5) is 0. The van der Waals surface area contributed by atoms with Crippen LogP contribution in [0.15, 0.2) is 60.2 Å². The number of nitrogens with one attached hydrogen (secondary N) is 1. The van der Waals surface area contributed by atoms with Crippen LogP contribution in [0.2, 0.25) is 0 Å².